The van der Waals surface area contributed by atoms with Crippen LogP contribution in [0, 0.1) is 0 Å². The van der Waals surface area contributed by atoms with E-state index < -0.39 is 0 Å². The standard InChI is InChI=1S/C7H15N2O/c1-2-4-6-8-9-10-7-5-3-1/h9H,1-7H2. The molecule has 0 bridgehead atoms. The van der Waals surface area contributed by atoms with E-state index in [0.717, 1.165) is 19.6 Å². The molecule has 3 heteroatoms. The highest BCUT2D eigenvalue weighted by atomic mass is 16.7. The van der Waals surface area contributed by atoms with Gasteiger partial charge in [0.1, 0.15) is 0 Å². The van der Waals surface area contributed by atoms with Crippen LogP contribution in [0.2, 0.25) is 0 Å². The van der Waals surface area contributed by atoms with Gasteiger partial charge in [0.25, 0.3) is 0 Å². The molecule has 3 nitrogen and oxygen atoms in total. The van der Waals surface area contributed by atoms with Crippen molar-refractivity contribution >= 4 is 0 Å². The van der Waals surface area contributed by atoms with Crippen molar-refractivity contribution in [2.75, 3.05) is 13.2 Å². The van der Waals surface area contributed by atoms with E-state index in [2.05, 4.69) is 11.0 Å². The van der Waals surface area contributed by atoms with Crippen LogP contribution in [-0.4, -0.2) is 13.2 Å². The maximum atomic E-state index is 4.99. The minimum absolute atomic E-state index is 0.795. The molecular formula is C7H15N2O. The van der Waals surface area contributed by atoms with Gasteiger partial charge in [0.2, 0.25) is 0 Å². The van der Waals surface area contributed by atoms with Crippen molar-refractivity contribution in [2.45, 2.75) is 32.1 Å². The third-order valence-electron chi connectivity index (χ3n) is 1.65. The molecule has 10 heavy (non-hydrogen) atoms. The van der Waals surface area contributed by atoms with Crippen molar-refractivity contribution in [2.24, 2.45) is 0 Å². The number of nitrogens with zero attached hydrogens (tertiary/aromatic N) is 1. The van der Waals surface area contributed by atoms with Crippen LogP contribution in [0.15, 0.2) is 0 Å². The Morgan fingerprint density at radius 1 is 1.00 bits per heavy atom. The highest BCUT2D eigenvalue weighted by Gasteiger charge is 1.95. The molecule has 1 fully saturated rings. The zero-order valence-corrected chi connectivity index (χ0v) is 6.31. The quantitative estimate of drug-likeness (QED) is 0.549. The van der Waals surface area contributed by atoms with Gasteiger partial charge < -0.3 is 0 Å². The van der Waals surface area contributed by atoms with Gasteiger partial charge in [-0.05, 0) is 12.8 Å². The molecule has 1 N–H and O–H groups in total. The lowest BCUT2D eigenvalue weighted by atomic mass is 10.1. The summed E-state index contributed by atoms with van der Waals surface area (Å²) in [7, 11) is 0. The Labute approximate surface area is 62.1 Å². The maximum Gasteiger partial charge on any atom is 0.0699 e. The predicted octanol–water partition coefficient (Wildman–Crippen LogP) is 0.991. The smallest absolute Gasteiger partial charge is 0.0699 e. The normalized spacial score (nSPS) is 24.0. The van der Waals surface area contributed by atoms with Gasteiger partial charge in [0.15, 0.2) is 0 Å². The molecule has 1 heterocycles. The van der Waals surface area contributed by atoms with Crippen molar-refractivity contribution in [1.82, 2.24) is 11.0 Å². The number of rotatable bonds is 0. The van der Waals surface area contributed by atoms with Gasteiger partial charge in [0, 0.05) is 6.54 Å². The third kappa shape index (κ3) is 3.82. The zero-order chi connectivity index (χ0) is 7.07. The highest BCUT2D eigenvalue weighted by molar-refractivity contribution is 4.46. The minimum Gasteiger partial charge on any atom is -0.286 e. The second-order valence-corrected chi connectivity index (χ2v) is 2.59. The molecule has 0 aromatic carbocycles. The van der Waals surface area contributed by atoms with Crippen LogP contribution in [0.25, 0.3) is 0 Å². The summed E-state index contributed by atoms with van der Waals surface area (Å²) < 4.78 is 0. The Morgan fingerprint density at radius 2 is 1.80 bits per heavy atom. The third-order valence-corrected chi connectivity index (χ3v) is 1.65. The zero-order valence-electron chi connectivity index (χ0n) is 6.31. The maximum absolute atomic E-state index is 4.99. The SMILES string of the molecule is C1CCC[N]NOCCC1. The fourth-order valence-corrected chi connectivity index (χ4v) is 1.03. The van der Waals surface area contributed by atoms with E-state index in [1.165, 1.54) is 25.7 Å². The first-order valence-corrected chi connectivity index (χ1v) is 4.03. The first-order valence-electron chi connectivity index (χ1n) is 4.03. The molecule has 1 aliphatic rings. The van der Waals surface area contributed by atoms with Gasteiger partial charge in [-0.25, -0.2) is 0 Å². The summed E-state index contributed by atoms with van der Waals surface area (Å²) in [6, 6.07) is 0. The Hall–Kier alpha value is -0.120. The second kappa shape index (κ2) is 5.65. The van der Waals surface area contributed by atoms with Gasteiger partial charge in [-0.15, -0.1) is 11.0 Å². The number of hydrogen-bond donors (Lipinski definition) is 1. The lowest BCUT2D eigenvalue weighted by Crippen LogP contribution is -2.26. The van der Waals surface area contributed by atoms with Crippen LogP contribution in [0.5, 0.6) is 0 Å². The molecule has 1 aliphatic heterocycles. The largest absolute Gasteiger partial charge is 0.286 e. The molecule has 1 radical (unpaired) electrons. The Bertz CT molecular complexity index is 44.8. The lowest BCUT2D eigenvalue weighted by Gasteiger charge is -2.07. The molecule has 1 rings (SSSR count). The molecule has 0 saturated carbocycles. The van der Waals surface area contributed by atoms with E-state index in [1.807, 2.05) is 0 Å². The van der Waals surface area contributed by atoms with Crippen LogP contribution >= 0.6 is 0 Å². The predicted molar refractivity (Wildman–Crippen MR) is 39.2 cm³/mol. The van der Waals surface area contributed by atoms with E-state index >= 15 is 0 Å². The molecule has 0 aliphatic carbocycles. The summed E-state index contributed by atoms with van der Waals surface area (Å²) in [6.45, 7) is 1.68. The van der Waals surface area contributed by atoms with E-state index in [4.69, 9.17) is 4.84 Å². The Morgan fingerprint density at radius 3 is 2.80 bits per heavy atom. The van der Waals surface area contributed by atoms with Gasteiger partial charge in [-0.2, -0.15) is 0 Å². The van der Waals surface area contributed by atoms with Gasteiger partial charge in [-0.3, -0.25) is 4.84 Å². The first-order chi connectivity index (χ1) is 5.00. The molecule has 0 atom stereocenters. The summed E-state index contributed by atoms with van der Waals surface area (Å²) in [4.78, 5) is 4.99. The lowest BCUT2D eigenvalue weighted by molar-refractivity contribution is 0.00373. The van der Waals surface area contributed by atoms with Crippen molar-refractivity contribution in [3.05, 3.63) is 0 Å². The molecule has 0 amide bonds. The average molecular weight is 143 g/mol. The van der Waals surface area contributed by atoms with Crippen molar-refractivity contribution in [1.29, 1.82) is 0 Å². The molecular weight excluding hydrogens is 128 g/mol. The summed E-state index contributed by atoms with van der Waals surface area (Å²) in [6.07, 6.45) is 6.28. The Kier molecular flexibility index (Phi) is 4.51. The van der Waals surface area contributed by atoms with E-state index in [-0.39, 0.29) is 0 Å². The fourth-order valence-electron chi connectivity index (χ4n) is 1.03. The summed E-state index contributed by atoms with van der Waals surface area (Å²) >= 11 is 0. The van der Waals surface area contributed by atoms with E-state index in [0.29, 0.717) is 0 Å². The topological polar surface area (TPSA) is 35.4 Å². The van der Waals surface area contributed by atoms with Crippen molar-refractivity contribution in [3.63, 3.8) is 0 Å². The Balaban J connectivity index is 2.00. The van der Waals surface area contributed by atoms with Crippen LogP contribution in [0.4, 0.5) is 0 Å². The molecule has 1 saturated heterocycles. The van der Waals surface area contributed by atoms with Crippen molar-refractivity contribution in [3.8, 4) is 0 Å². The van der Waals surface area contributed by atoms with E-state index in [9.17, 15) is 0 Å². The van der Waals surface area contributed by atoms with Crippen molar-refractivity contribution < 1.29 is 4.84 Å². The number of hydrogen-bond acceptors (Lipinski definition) is 2. The summed E-state index contributed by atoms with van der Waals surface area (Å²) in [5, 5.41) is 0. The van der Waals surface area contributed by atoms with Crippen LogP contribution in [-0.2, 0) is 4.84 Å². The molecule has 0 aromatic heterocycles. The number of nitrogens with one attached hydrogen (secondary N) is 1. The summed E-state index contributed by atoms with van der Waals surface area (Å²) in [5.41, 5.74) is 6.54. The van der Waals surface area contributed by atoms with Gasteiger partial charge in [-0.1, -0.05) is 19.3 Å². The molecule has 0 aromatic rings. The first kappa shape index (κ1) is 7.98. The van der Waals surface area contributed by atoms with E-state index in [1.54, 1.807) is 0 Å². The van der Waals surface area contributed by atoms with Gasteiger partial charge in [0.05, 0.1) is 6.61 Å². The fraction of sp³-hybridized carbons (Fsp3) is 1.00. The average Bonchev–Trinajstić information content (AvgIpc) is 2.01. The minimum atomic E-state index is 0.795. The highest BCUT2D eigenvalue weighted by Crippen LogP contribution is 2.02. The van der Waals surface area contributed by atoms with Crippen LogP contribution in [0.1, 0.15) is 32.1 Å². The monoisotopic (exact) mass is 143 g/mol. The van der Waals surface area contributed by atoms with Crippen LogP contribution < -0.4 is 11.0 Å². The second-order valence-electron chi connectivity index (χ2n) is 2.59. The van der Waals surface area contributed by atoms with Crippen LogP contribution in [0.3, 0.4) is 0 Å². The molecule has 59 valence electrons. The molecule has 0 unspecified atom stereocenters. The molecule has 0 spiro atoms. The summed E-state index contributed by atoms with van der Waals surface area (Å²) in [5.74, 6) is 0. The van der Waals surface area contributed by atoms with Gasteiger partial charge >= 0.3 is 0 Å².